The van der Waals surface area contributed by atoms with Crippen LogP contribution in [0.25, 0.3) is 10.9 Å². The molecule has 8 nitrogen and oxygen atoms in total. The first-order chi connectivity index (χ1) is 12.3. The highest BCUT2D eigenvalue weighted by molar-refractivity contribution is 7.91. The Kier molecular flexibility index (Phi) is 4.99. The SMILES string of the molecule is CCN(C(=O)[C@H](C)OC(=O)c1n[nH]c2ccccc12)[C@@H]1CCS(=O)(=O)C1. The molecule has 1 aliphatic rings. The van der Waals surface area contributed by atoms with Gasteiger partial charge in [0.2, 0.25) is 0 Å². The number of hydrogen-bond donors (Lipinski definition) is 1. The van der Waals surface area contributed by atoms with Gasteiger partial charge in [0.05, 0.1) is 17.0 Å². The van der Waals surface area contributed by atoms with Crippen molar-refractivity contribution in [2.45, 2.75) is 32.4 Å². The number of nitrogens with one attached hydrogen (secondary N) is 1. The van der Waals surface area contributed by atoms with Gasteiger partial charge in [-0.05, 0) is 26.3 Å². The number of nitrogens with zero attached hydrogens (tertiary/aromatic N) is 2. The van der Waals surface area contributed by atoms with Crippen LogP contribution >= 0.6 is 0 Å². The summed E-state index contributed by atoms with van der Waals surface area (Å²) in [5.41, 5.74) is 0.816. The Hall–Kier alpha value is -2.42. The van der Waals surface area contributed by atoms with Crippen molar-refractivity contribution in [3.8, 4) is 0 Å². The number of esters is 1. The molecular formula is C17H21N3O5S. The first-order valence-electron chi connectivity index (χ1n) is 8.47. The summed E-state index contributed by atoms with van der Waals surface area (Å²) in [4.78, 5) is 26.5. The Morgan fingerprint density at radius 3 is 2.77 bits per heavy atom. The lowest BCUT2D eigenvalue weighted by Crippen LogP contribution is -2.46. The number of likely N-dealkylation sites (N-methyl/N-ethyl adjacent to an activating group) is 1. The van der Waals surface area contributed by atoms with Gasteiger partial charge in [-0.1, -0.05) is 18.2 Å². The smallest absolute Gasteiger partial charge is 0.360 e. The zero-order chi connectivity index (χ0) is 18.9. The Labute approximate surface area is 151 Å². The number of hydrogen-bond acceptors (Lipinski definition) is 6. The molecule has 0 saturated carbocycles. The third-order valence-electron chi connectivity index (χ3n) is 4.57. The average molecular weight is 379 g/mol. The van der Waals surface area contributed by atoms with Crippen LogP contribution in [0.3, 0.4) is 0 Å². The second-order valence-electron chi connectivity index (χ2n) is 6.35. The fourth-order valence-corrected chi connectivity index (χ4v) is 4.97. The van der Waals surface area contributed by atoms with Crippen LogP contribution in [-0.4, -0.2) is 65.6 Å². The molecule has 9 heteroatoms. The van der Waals surface area contributed by atoms with E-state index in [0.29, 0.717) is 23.9 Å². The molecule has 0 aliphatic carbocycles. The van der Waals surface area contributed by atoms with Crippen molar-refractivity contribution in [1.82, 2.24) is 15.1 Å². The molecule has 140 valence electrons. The lowest BCUT2D eigenvalue weighted by Gasteiger charge is -2.29. The summed E-state index contributed by atoms with van der Waals surface area (Å²) in [6, 6.07) is 6.75. The maximum Gasteiger partial charge on any atom is 0.360 e. The highest BCUT2D eigenvalue weighted by Crippen LogP contribution is 2.20. The molecule has 0 bridgehead atoms. The molecule has 1 N–H and O–H groups in total. The van der Waals surface area contributed by atoms with E-state index in [1.165, 1.54) is 11.8 Å². The van der Waals surface area contributed by atoms with Crippen LogP contribution in [-0.2, 0) is 19.4 Å². The molecule has 1 aromatic heterocycles. The highest BCUT2D eigenvalue weighted by atomic mass is 32.2. The van der Waals surface area contributed by atoms with Crippen LogP contribution in [0.4, 0.5) is 0 Å². The number of para-hydroxylation sites is 1. The Bertz CT molecular complexity index is 937. The lowest BCUT2D eigenvalue weighted by molar-refractivity contribution is -0.141. The summed E-state index contributed by atoms with van der Waals surface area (Å²) in [5.74, 6) is -1.06. The standard InChI is InChI=1S/C17H21N3O5S/c1-3-20(12-8-9-26(23,24)10-12)16(21)11(2)25-17(22)15-13-6-4-5-7-14(13)18-19-15/h4-7,11-12H,3,8-10H2,1-2H3,(H,18,19)/t11-,12+/m0/s1. The summed E-state index contributed by atoms with van der Waals surface area (Å²) in [7, 11) is -3.11. The quantitative estimate of drug-likeness (QED) is 0.781. The summed E-state index contributed by atoms with van der Waals surface area (Å²) in [6.45, 7) is 3.62. The molecule has 1 amide bonds. The number of rotatable bonds is 5. The molecule has 1 saturated heterocycles. The minimum Gasteiger partial charge on any atom is -0.448 e. The van der Waals surface area contributed by atoms with E-state index < -0.39 is 27.8 Å². The van der Waals surface area contributed by atoms with Crippen molar-refractivity contribution < 1.29 is 22.7 Å². The Balaban J connectivity index is 1.71. The topological polar surface area (TPSA) is 109 Å². The predicted octanol–water partition coefficient (Wildman–Crippen LogP) is 1.14. The predicted molar refractivity (Wildman–Crippen MR) is 95.4 cm³/mol. The molecule has 3 rings (SSSR count). The van der Waals surface area contributed by atoms with Crippen molar-refractivity contribution in [2.24, 2.45) is 0 Å². The number of amides is 1. The van der Waals surface area contributed by atoms with Crippen LogP contribution in [0.1, 0.15) is 30.8 Å². The van der Waals surface area contributed by atoms with Crippen LogP contribution < -0.4 is 0 Å². The fourth-order valence-electron chi connectivity index (χ4n) is 3.23. The normalized spacial score (nSPS) is 20.0. The number of ether oxygens (including phenoxy) is 1. The van der Waals surface area contributed by atoms with Gasteiger partial charge in [0.25, 0.3) is 5.91 Å². The maximum atomic E-state index is 12.7. The van der Waals surface area contributed by atoms with Crippen LogP contribution in [0.5, 0.6) is 0 Å². The number of carbonyl (C=O) groups excluding carboxylic acids is 2. The zero-order valence-corrected chi connectivity index (χ0v) is 15.5. The second-order valence-corrected chi connectivity index (χ2v) is 8.58. The Morgan fingerprint density at radius 1 is 1.38 bits per heavy atom. The molecule has 2 aromatic rings. The molecular weight excluding hydrogens is 358 g/mol. The minimum absolute atomic E-state index is 0.0444. The minimum atomic E-state index is -3.11. The number of sulfone groups is 1. The Morgan fingerprint density at radius 2 is 2.12 bits per heavy atom. The molecule has 26 heavy (non-hydrogen) atoms. The average Bonchev–Trinajstić information content (AvgIpc) is 3.18. The second kappa shape index (κ2) is 7.06. The number of fused-ring (bicyclic) bond motifs is 1. The van der Waals surface area contributed by atoms with Crippen molar-refractivity contribution in [2.75, 3.05) is 18.1 Å². The highest BCUT2D eigenvalue weighted by Gasteiger charge is 2.36. The first kappa shape index (κ1) is 18.4. The monoisotopic (exact) mass is 379 g/mol. The van der Waals surface area contributed by atoms with Gasteiger partial charge in [0, 0.05) is 18.0 Å². The van der Waals surface area contributed by atoms with Crippen molar-refractivity contribution in [3.63, 3.8) is 0 Å². The zero-order valence-electron chi connectivity index (χ0n) is 14.6. The van der Waals surface area contributed by atoms with E-state index in [2.05, 4.69) is 10.2 Å². The third-order valence-corrected chi connectivity index (χ3v) is 6.32. The van der Waals surface area contributed by atoms with E-state index in [1.807, 2.05) is 6.07 Å². The molecule has 1 aliphatic heterocycles. The van der Waals surface area contributed by atoms with Gasteiger partial charge < -0.3 is 9.64 Å². The molecule has 1 aromatic carbocycles. The van der Waals surface area contributed by atoms with E-state index in [0.717, 1.165) is 0 Å². The first-order valence-corrected chi connectivity index (χ1v) is 10.3. The van der Waals surface area contributed by atoms with E-state index >= 15 is 0 Å². The van der Waals surface area contributed by atoms with Gasteiger partial charge in [-0.2, -0.15) is 5.10 Å². The van der Waals surface area contributed by atoms with Crippen molar-refractivity contribution in [3.05, 3.63) is 30.0 Å². The molecule has 0 spiro atoms. The fraction of sp³-hybridized carbons (Fsp3) is 0.471. The van der Waals surface area contributed by atoms with Gasteiger partial charge in [-0.15, -0.1) is 0 Å². The van der Waals surface area contributed by atoms with Crippen molar-refractivity contribution >= 4 is 32.6 Å². The largest absolute Gasteiger partial charge is 0.448 e. The molecule has 2 heterocycles. The van der Waals surface area contributed by atoms with Gasteiger partial charge in [0.15, 0.2) is 21.6 Å². The number of aromatic amines is 1. The van der Waals surface area contributed by atoms with Crippen LogP contribution in [0.15, 0.2) is 24.3 Å². The number of carbonyl (C=O) groups is 2. The van der Waals surface area contributed by atoms with Gasteiger partial charge >= 0.3 is 5.97 Å². The maximum absolute atomic E-state index is 12.7. The van der Waals surface area contributed by atoms with Gasteiger partial charge in [-0.3, -0.25) is 9.89 Å². The van der Waals surface area contributed by atoms with Gasteiger partial charge in [0.1, 0.15) is 0 Å². The summed E-state index contributed by atoms with van der Waals surface area (Å²) >= 11 is 0. The molecule has 0 radical (unpaired) electrons. The molecule has 0 unspecified atom stereocenters. The van der Waals surface area contributed by atoms with Crippen LogP contribution in [0.2, 0.25) is 0 Å². The van der Waals surface area contributed by atoms with Crippen molar-refractivity contribution in [1.29, 1.82) is 0 Å². The van der Waals surface area contributed by atoms with Gasteiger partial charge in [-0.25, -0.2) is 13.2 Å². The van der Waals surface area contributed by atoms with E-state index in [4.69, 9.17) is 4.74 Å². The van der Waals surface area contributed by atoms with E-state index in [9.17, 15) is 18.0 Å². The number of H-pyrrole nitrogens is 1. The molecule has 2 atom stereocenters. The molecule has 1 fully saturated rings. The summed E-state index contributed by atoms with van der Waals surface area (Å²) < 4.78 is 28.6. The third kappa shape index (κ3) is 3.57. The lowest BCUT2D eigenvalue weighted by atomic mass is 10.2. The summed E-state index contributed by atoms with van der Waals surface area (Å²) in [6.07, 6.45) is -0.617. The van der Waals surface area contributed by atoms with Crippen LogP contribution in [0, 0.1) is 0 Å². The van der Waals surface area contributed by atoms with E-state index in [1.54, 1.807) is 25.1 Å². The van der Waals surface area contributed by atoms with E-state index in [-0.39, 0.29) is 23.2 Å². The number of aromatic nitrogens is 2. The number of benzene rings is 1. The summed E-state index contributed by atoms with van der Waals surface area (Å²) in [5, 5.41) is 7.33.